The number of anilines is 1. The highest BCUT2D eigenvalue weighted by Crippen LogP contribution is 2.19. The van der Waals surface area contributed by atoms with E-state index in [4.69, 9.17) is 10.5 Å². The van der Waals surface area contributed by atoms with Crippen LogP contribution in [0.5, 0.6) is 0 Å². The number of nitrogens with two attached hydrogens (primary N) is 1. The maximum Gasteiger partial charge on any atom is 0.240 e. The van der Waals surface area contributed by atoms with Gasteiger partial charge >= 0.3 is 0 Å². The minimum Gasteiger partial charge on any atom is -0.398 e. The summed E-state index contributed by atoms with van der Waals surface area (Å²) < 4.78 is 32.0. The average molecular weight is 286 g/mol. The van der Waals surface area contributed by atoms with E-state index in [1.807, 2.05) is 0 Å². The molecule has 1 aromatic carbocycles. The van der Waals surface area contributed by atoms with Gasteiger partial charge in [0, 0.05) is 18.8 Å². The molecule has 0 amide bonds. The number of rotatable bonds is 8. The molecule has 0 fully saturated rings. The molecule has 108 valence electrons. The zero-order chi connectivity index (χ0) is 14.3. The fourth-order valence-electron chi connectivity index (χ4n) is 1.60. The van der Waals surface area contributed by atoms with Crippen LogP contribution >= 0.6 is 0 Å². The van der Waals surface area contributed by atoms with E-state index in [1.165, 1.54) is 0 Å². The SMILES string of the molecule is CCCCOCCNS(=O)(=O)c1cccc(N)c1C. The van der Waals surface area contributed by atoms with Crippen LogP contribution in [0.15, 0.2) is 23.1 Å². The van der Waals surface area contributed by atoms with Gasteiger partial charge in [-0.3, -0.25) is 0 Å². The summed E-state index contributed by atoms with van der Waals surface area (Å²) in [5.74, 6) is 0. The second-order valence-electron chi connectivity index (χ2n) is 4.33. The number of nitrogens with one attached hydrogen (secondary N) is 1. The highest BCUT2D eigenvalue weighted by molar-refractivity contribution is 7.89. The van der Waals surface area contributed by atoms with Crippen molar-refractivity contribution in [3.05, 3.63) is 23.8 Å². The molecule has 0 saturated carbocycles. The summed E-state index contributed by atoms with van der Waals surface area (Å²) in [5.41, 5.74) is 6.76. The summed E-state index contributed by atoms with van der Waals surface area (Å²) in [6.45, 7) is 5.08. The van der Waals surface area contributed by atoms with E-state index in [1.54, 1.807) is 25.1 Å². The van der Waals surface area contributed by atoms with Crippen LogP contribution in [-0.4, -0.2) is 28.2 Å². The normalized spacial score (nSPS) is 11.7. The standard InChI is InChI=1S/C13H22N2O3S/c1-3-4-9-18-10-8-15-19(16,17)13-7-5-6-12(14)11(13)2/h5-7,15H,3-4,8-10,14H2,1-2H3. The van der Waals surface area contributed by atoms with Gasteiger partial charge in [0.25, 0.3) is 0 Å². The van der Waals surface area contributed by atoms with E-state index in [0.717, 1.165) is 12.8 Å². The Morgan fingerprint density at radius 2 is 2.05 bits per heavy atom. The molecule has 6 heteroatoms. The molecule has 0 aromatic heterocycles. The van der Waals surface area contributed by atoms with Gasteiger partial charge in [-0.25, -0.2) is 13.1 Å². The Balaban J connectivity index is 2.54. The molecule has 0 bridgehead atoms. The smallest absolute Gasteiger partial charge is 0.240 e. The quantitative estimate of drug-likeness (QED) is 0.562. The topological polar surface area (TPSA) is 81.4 Å². The first-order valence-corrected chi connectivity index (χ1v) is 7.90. The molecule has 0 saturated heterocycles. The lowest BCUT2D eigenvalue weighted by atomic mass is 10.2. The number of unbranched alkanes of at least 4 members (excludes halogenated alkanes) is 1. The third-order valence-corrected chi connectivity index (χ3v) is 4.40. The van der Waals surface area contributed by atoms with Gasteiger partial charge in [0.15, 0.2) is 0 Å². The van der Waals surface area contributed by atoms with Crippen LogP contribution in [0.2, 0.25) is 0 Å². The fraction of sp³-hybridized carbons (Fsp3) is 0.538. The van der Waals surface area contributed by atoms with Crippen LogP contribution in [0.1, 0.15) is 25.3 Å². The summed E-state index contributed by atoms with van der Waals surface area (Å²) in [7, 11) is -3.52. The maximum absolute atomic E-state index is 12.1. The van der Waals surface area contributed by atoms with E-state index in [-0.39, 0.29) is 11.4 Å². The van der Waals surface area contributed by atoms with Gasteiger partial charge in [-0.05, 0) is 31.0 Å². The van der Waals surface area contributed by atoms with Crippen molar-refractivity contribution in [2.45, 2.75) is 31.6 Å². The lowest BCUT2D eigenvalue weighted by molar-refractivity contribution is 0.136. The Morgan fingerprint density at radius 3 is 2.74 bits per heavy atom. The Morgan fingerprint density at radius 1 is 1.32 bits per heavy atom. The van der Waals surface area contributed by atoms with Crippen molar-refractivity contribution in [1.29, 1.82) is 0 Å². The van der Waals surface area contributed by atoms with Crippen LogP contribution in [0.3, 0.4) is 0 Å². The molecule has 0 aliphatic carbocycles. The van der Waals surface area contributed by atoms with Gasteiger partial charge in [-0.1, -0.05) is 19.4 Å². The average Bonchev–Trinajstić information content (AvgIpc) is 2.36. The molecule has 0 heterocycles. The number of benzene rings is 1. The highest BCUT2D eigenvalue weighted by atomic mass is 32.2. The van der Waals surface area contributed by atoms with Gasteiger partial charge in [0.1, 0.15) is 0 Å². The van der Waals surface area contributed by atoms with Crippen molar-refractivity contribution in [2.24, 2.45) is 0 Å². The summed E-state index contributed by atoms with van der Waals surface area (Å²) in [6.07, 6.45) is 2.05. The van der Waals surface area contributed by atoms with Gasteiger partial charge in [0.05, 0.1) is 11.5 Å². The summed E-state index contributed by atoms with van der Waals surface area (Å²) in [6, 6.07) is 4.86. The second-order valence-corrected chi connectivity index (χ2v) is 6.07. The molecule has 0 spiro atoms. The zero-order valence-electron chi connectivity index (χ0n) is 11.5. The molecule has 19 heavy (non-hydrogen) atoms. The molecular weight excluding hydrogens is 264 g/mol. The Kier molecular flexibility index (Phi) is 6.27. The van der Waals surface area contributed by atoms with Crippen molar-refractivity contribution in [3.63, 3.8) is 0 Å². The molecule has 3 N–H and O–H groups in total. The van der Waals surface area contributed by atoms with Crippen LogP contribution in [0.25, 0.3) is 0 Å². The molecule has 0 aliphatic heterocycles. The van der Waals surface area contributed by atoms with Crippen LogP contribution < -0.4 is 10.5 Å². The van der Waals surface area contributed by atoms with Crippen LogP contribution in [-0.2, 0) is 14.8 Å². The predicted octanol–water partition coefficient (Wildman–Crippen LogP) is 1.67. The third-order valence-electron chi connectivity index (χ3n) is 2.80. The van der Waals surface area contributed by atoms with Crippen molar-refractivity contribution >= 4 is 15.7 Å². The van der Waals surface area contributed by atoms with Gasteiger partial charge in [-0.2, -0.15) is 0 Å². The highest BCUT2D eigenvalue weighted by Gasteiger charge is 2.16. The molecular formula is C13H22N2O3S. The number of nitrogen functional groups attached to an aromatic ring is 1. The monoisotopic (exact) mass is 286 g/mol. The molecule has 1 aromatic rings. The van der Waals surface area contributed by atoms with Crippen LogP contribution in [0, 0.1) is 6.92 Å². The molecule has 0 atom stereocenters. The minimum atomic E-state index is -3.52. The third kappa shape index (κ3) is 4.81. The van der Waals surface area contributed by atoms with Gasteiger partial charge in [-0.15, -0.1) is 0 Å². The van der Waals surface area contributed by atoms with E-state index in [0.29, 0.717) is 24.5 Å². The van der Waals surface area contributed by atoms with Crippen molar-refractivity contribution in [1.82, 2.24) is 4.72 Å². The Labute approximate surface area is 115 Å². The number of ether oxygens (including phenoxy) is 1. The van der Waals surface area contributed by atoms with E-state index < -0.39 is 10.0 Å². The first-order valence-electron chi connectivity index (χ1n) is 6.41. The number of hydrogen-bond donors (Lipinski definition) is 2. The lowest BCUT2D eigenvalue weighted by Crippen LogP contribution is -2.28. The van der Waals surface area contributed by atoms with Crippen molar-refractivity contribution in [3.8, 4) is 0 Å². The van der Waals surface area contributed by atoms with E-state index in [2.05, 4.69) is 11.6 Å². The summed E-state index contributed by atoms with van der Waals surface area (Å²) >= 11 is 0. The largest absolute Gasteiger partial charge is 0.398 e. The maximum atomic E-state index is 12.1. The number of hydrogen-bond acceptors (Lipinski definition) is 4. The van der Waals surface area contributed by atoms with Crippen molar-refractivity contribution < 1.29 is 13.2 Å². The molecule has 0 aliphatic rings. The number of sulfonamides is 1. The first-order chi connectivity index (χ1) is 8.99. The van der Waals surface area contributed by atoms with Crippen molar-refractivity contribution in [2.75, 3.05) is 25.5 Å². The molecule has 1 rings (SSSR count). The minimum absolute atomic E-state index is 0.223. The Hall–Kier alpha value is -1.11. The van der Waals surface area contributed by atoms with E-state index >= 15 is 0 Å². The molecule has 5 nitrogen and oxygen atoms in total. The van der Waals surface area contributed by atoms with E-state index in [9.17, 15) is 8.42 Å². The van der Waals surface area contributed by atoms with Crippen LogP contribution in [0.4, 0.5) is 5.69 Å². The fourth-order valence-corrected chi connectivity index (χ4v) is 2.88. The zero-order valence-corrected chi connectivity index (χ0v) is 12.3. The summed E-state index contributed by atoms with van der Waals surface area (Å²) in [4.78, 5) is 0.223. The molecule has 0 unspecified atom stereocenters. The van der Waals surface area contributed by atoms with Gasteiger partial charge in [0.2, 0.25) is 10.0 Å². The predicted molar refractivity (Wildman–Crippen MR) is 76.5 cm³/mol. The van der Waals surface area contributed by atoms with Gasteiger partial charge < -0.3 is 10.5 Å². The first kappa shape index (κ1) is 15.9. The Bertz CT molecular complexity index is 501. The molecule has 0 radical (unpaired) electrons. The second kappa shape index (κ2) is 7.47. The summed E-state index contributed by atoms with van der Waals surface area (Å²) in [5, 5.41) is 0. The lowest BCUT2D eigenvalue weighted by Gasteiger charge is -2.10.